The van der Waals surface area contributed by atoms with Crippen LogP contribution in [0.4, 0.5) is 4.39 Å². The third-order valence-electron chi connectivity index (χ3n) is 5.11. The van der Waals surface area contributed by atoms with E-state index in [0.29, 0.717) is 17.9 Å². The third kappa shape index (κ3) is 3.71. The number of piperidine rings is 1. The van der Waals surface area contributed by atoms with Crippen molar-refractivity contribution in [3.05, 3.63) is 52.1 Å². The van der Waals surface area contributed by atoms with Gasteiger partial charge in [0.25, 0.3) is 0 Å². The summed E-state index contributed by atoms with van der Waals surface area (Å²) in [5, 5.41) is 7.06. The van der Waals surface area contributed by atoms with E-state index in [1.807, 2.05) is 17.5 Å². The lowest BCUT2D eigenvalue weighted by molar-refractivity contribution is 0.0976. The Kier molecular flexibility index (Phi) is 5.13. The topological polar surface area (TPSA) is 46.3 Å². The molecule has 0 saturated carbocycles. The number of rotatable bonds is 6. The minimum Gasteiger partial charge on any atom is -0.356 e. The standard InChI is InChI=1S/C20H21FN2O2S/c21-15-5-6-16-18(13-15)25-22-20(16)14-7-10-23(11-8-14)9-1-3-17(24)19-4-2-12-26-19/h2,4-6,12-14H,1,3,7-11H2. The van der Waals surface area contributed by atoms with E-state index in [9.17, 15) is 9.18 Å². The molecule has 0 N–H and O–H groups in total. The molecule has 0 spiro atoms. The number of aromatic nitrogens is 1. The largest absolute Gasteiger partial charge is 0.356 e. The molecule has 0 atom stereocenters. The Bertz CT molecular complexity index is 882. The average Bonchev–Trinajstić information content (AvgIpc) is 3.32. The van der Waals surface area contributed by atoms with E-state index < -0.39 is 0 Å². The number of Topliss-reactive ketones (excluding diaryl/α,β-unsaturated/α-hetero) is 1. The number of likely N-dealkylation sites (tertiary alicyclic amines) is 1. The van der Waals surface area contributed by atoms with Crippen molar-refractivity contribution in [1.82, 2.24) is 10.1 Å². The summed E-state index contributed by atoms with van der Waals surface area (Å²) in [6.07, 6.45) is 3.53. The Hall–Kier alpha value is -2.05. The van der Waals surface area contributed by atoms with Gasteiger partial charge in [-0.05, 0) is 62.5 Å². The van der Waals surface area contributed by atoms with Gasteiger partial charge in [-0.2, -0.15) is 0 Å². The number of hydrogen-bond donors (Lipinski definition) is 0. The van der Waals surface area contributed by atoms with Crippen molar-refractivity contribution in [2.75, 3.05) is 19.6 Å². The zero-order valence-electron chi connectivity index (χ0n) is 14.5. The summed E-state index contributed by atoms with van der Waals surface area (Å²) in [5.41, 5.74) is 1.47. The summed E-state index contributed by atoms with van der Waals surface area (Å²) < 4.78 is 18.6. The monoisotopic (exact) mass is 372 g/mol. The molecule has 3 aromatic rings. The molecule has 0 radical (unpaired) electrons. The highest BCUT2D eigenvalue weighted by Gasteiger charge is 2.25. The van der Waals surface area contributed by atoms with Crippen LogP contribution in [-0.2, 0) is 0 Å². The summed E-state index contributed by atoms with van der Waals surface area (Å²) in [7, 11) is 0. The van der Waals surface area contributed by atoms with Gasteiger partial charge in [0, 0.05) is 23.8 Å². The fourth-order valence-electron chi connectivity index (χ4n) is 3.68. The van der Waals surface area contributed by atoms with Crippen molar-refractivity contribution in [3.8, 4) is 0 Å². The first-order valence-electron chi connectivity index (χ1n) is 9.04. The van der Waals surface area contributed by atoms with Crippen LogP contribution in [0, 0.1) is 5.82 Å². The van der Waals surface area contributed by atoms with E-state index in [1.54, 1.807) is 6.07 Å². The van der Waals surface area contributed by atoms with E-state index >= 15 is 0 Å². The fourth-order valence-corrected chi connectivity index (χ4v) is 4.37. The number of halogens is 1. The van der Waals surface area contributed by atoms with Crippen molar-refractivity contribution in [2.24, 2.45) is 0 Å². The Balaban J connectivity index is 1.28. The molecule has 0 amide bonds. The summed E-state index contributed by atoms with van der Waals surface area (Å²) in [6.45, 7) is 2.94. The predicted octanol–water partition coefficient (Wildman–Crippen LogP) is 4.87. The first-order chi connectivity index (χ1) is 12.7. The second kappa shape index (κ2) is 7.68. The maximum atomic E-state index is 13.3. The zero-order valence-corrected chi connectivity index (χ0v) is 15.3. The quantitative estimate of drug-likeness (QED) is 0.579. The van der Waals surface area contributed by atoms with E-state index in [0.717, 1.165) is 54.9 Å². The maximum Gasteiger partial charge on any atom is 0.172 e. The number of carbonyl (C=O) groups excluding carboxylic acids is 1. The van der Waals surface area contributed by atoms with Crippen LogP contribution in [0.15, 0.2) is 40.2 Å². The Morgan fingerprint density at radius 1 is 1.31 bits per heavy atom. The molecule has 0 aliphatic carbocycles. The van der Waals surface area contributed by atoms with E-state index in [4.69, 9.17) is 4.52 Å². The number of carbonyl (C=O) groups is 1. The normalized spacial score (nSPS) is 16.3. The van der Waals surface area contributed by atoms with Crippen LogP contribution in [0.2, 0.25) is 0 Å². The van der Waals surface area contributed by atoms with Crippen LogP contribution < -0.4 is 0 Å². The number of hydrogen-bond acceptors (Lipinski definition) is 5. The second-order valence-corrected chi connectivity index (χ2v) is 7.78. The molecule has 0 unspecified atom stereocenters. The molecular formula is C20H21FN2O2S. The van der Waals surface area contributed by atoms with Crippen molar-refractivity contribution >= 4 is 28.1 Å². The Morgan fingerprint density at radius 3 is 2.92 bits per heavy atom. The van der Waals surface area contributed by atoms with Gasteiger partial charge in [-0.25, -0.2) is 4.39 Å². The molecular weight excluding hydrogens is 351 g/mol. The number of ketones is 1. The van der Waals surface area contributed by atoms with Gasteiger partial charge in [-0.3, -0.25) is 4.79 Å². The molecule has 4 rings (SSSR count). The first-order valence-corrected chi connectivity index (χ1v) is 9.92. The van der Waals surface area contributed by atoms with Crippen molar-refractivity contribution < 1.29 is 13.7 Å². The summed E-state index contributed by atoms with van der Waals surface area (Å²) in [6, 6.07) is 8.44. The molecule has 1 aliphatic rings. The number of nitrogens with zero attached hydrogens (tertiary/aromatic N) is 2. The van der Waals surface area contributed by atoms with E-state index in [2.05, 4.69) is 10.1 Å². The number of benzene rings is 1. The van der Waals surface area contributed by atoms with Crippen LogP contribution in [0.3, 0.4) is 0 Å². The fraction of sp³-hybridized carbons (Fsp3) is 0.400. The van der Waals surface area contributed by atoms with Gasteiger partial charge in [-0.1, -0.05) is 11.2 Å². The Morgan fingerprint density at radius 2 is 2.15 bits per heavy atom. The number of thiophene rings is 1. The van der Waals surface area contributed by atoms with Crippen molar-refractivity contribution in [3.63, 3.8) is 0 Å². The molecule has 1 saturated heterocycles. The van der Waals surface area contributed by atoms with Crippen LogP contribution in [-0.4, -0.2) is 35.5 Å². The smallest absolute Gasteiger partial charge is 0.172 e. The summed E-state index contributed by atoms with van der Waals surface area (Å²) in [4.78, 5) is 15.3. The molecule has 3 heterocycles. The summed E-state index contributed by atoms with van der Waals surface area (Å²) >= 11 is 1.52. The number of fused-ring (bicyclic) bond motifs is 1. The molecule has 26 heavy (non-hydrogen) atoms. The second-order valence-electron chi connectivity index (χ2n) is 6.83. The minimum atomic E-state index is -0.299. The van der Waals surface area contributed by atoms with Gasteiger partial charge in [0.15, 0.2) is 11.4 Å². The third-order valence-corrected chi connectivity index (χ3v) is 6.02. The van der Waals surface area contributed by atoms with Gasteiger partial charge in [0.05, 0.1) is 10.6 Å². The predicted molar refractivity (Wildman–Crippen MR) is 100 cm³/mol. The SMILES string of the molecule is O=C(CCCN1CCC(c2noc3cc(F)ccc23)CC1)c1cccs1. The molecule has 1 fully saturated rings. The van der Waals surface area contributed by atoms with Crippen LogP contribution in [0.5, 0.6) is 0 Å². The van der Waals surface area contributed by atoms with Crippen LogP contribution >= 0.6 is 11.3 Å². The Labute approximate surface area is 155 Å². The van der Waals surface area contributed by atoms with Crippen LogP contribution in [0.25, 0.3) is 11.0 Å². The minimum absolute atomic E-state index is 0.246. The van der Waals surface area contributed by atoms with E-state index in [-0.39, 0.29) is 11.6 Å². The average molecular weight is 372 g/mol. The van der Waals surface area contributed by atoms with Gasteiger partial charge >= 0.3 is 0 Å². The van der Waals surface area contributed by atoms with Gasteiger partial charge < -0.3 is 9.42 Å². The van der Waals surface area contributed by atoms with E-state index in [1.165, 1.54) is 23.5 Å². The molecule has 4 nitrogen and oxygen atoms in total. The molecule has 2 aromatic heterocycles. The van der Waals surface area contributed by atoms with Gasteiger partial charge in [-0.15, -0.1) is 11.3 Å². The highest BCUT2D eigenvalue weighted by atomic mass is 32.1. The van der Waals surface area contributed by atoms with Crippen LogP contribution in [0.1, 0.15) is 47.0 Å². The van der Waals surface area contributed by atoms with Gasteiger partial charge in [0.2, 0.25) is 0 Å². The first kappa shape index (κ1) is 17.4. The highest BCUT2D eigenvalue weighted by molar-refractivity contribution is 7.12. The van der Waals surface area contributed by atoms with Crippen molar-refractivity contribution in [2.45, 2.75) is 31.6 Å². The maximum absolute atomic E-state index is 13.3. The van der Waals surface area contributed by atoms with Gasteiger partial charge in [0.1, 0.15) is 5.82 Å². The molecule has 1 aliphatic heterocycles. The lowest BCUT2D eigenvalue weighted by Crippen LogP contribution is -2.34. The van der Waals surface area contributed by atoms with Crippen molar-refractivity contribution in [1.29, 1.82) is 0 Å². The lowest BCUT2D eigenvalue weighted by Gasteiger charge is -2.31. The highest BCUT2D eigenvalue weighted by Crippen LogP contribution is 2.32. The summed E-state index contributed by atoms with van der Waals surface area (Å²) in [5.74, 6) is 0.300. The molecule has 1 aromatic carbocycles. The zero-order chi connectivity index (χ0) is 17.9. The molecule has 136 valence electrons. The lowest BCUT2D eigenvalue weighted by atomic mass is 9.91. The molecule has 6 heteroatoms. The molecule has 0 bridgehead atoms.